The Morgan fingerprint density at radius 2 is 2.18 bits per heavy atom. The second-order valence-electron chi connectivity index (χ2n) is 4.62. The number of carboxylic acids is 1. The zero-order valence-electron chi connectivity index (χ0n) is 9.85. The summed E-state index contributed by atoms with van der Waals surface area (Å²) in [4.78, 5) is 14.6. The van der Waals surface area contributed by atoms with Crippen molar-refractivity contribution >= 4 is 11.7 Å². The Bertz CT molecular complexity index is 387. The molecule has 4 heteroatoms. The van der Waals surface area contributed by atoms with Crippen LogP contribution in [-0.2, 0) is 0 Å². The first-order valence-electron chi connectivity index (χ1n) is 6.19. The molecule has 4 nitrogen and oxygen atoms in total. The summed E-state index contributed by atoms with van der Waals surface area (Å²) in [5.41, 5.74) is 0.946. The van der Waals surface area contributed by atoms with Crippen molar-refractivity contribution in [3.05, 3.63) is 24.0 Å². The molecule has 0 bridgehead atoms. The third-order valence-electron chi connectivity index (χ3n) is 3.30. The van der Waals surface area contributed by atoms with Crippen molar-refractivity contribution in [3.63, 3.8) is 0 Å². The number of pyridine rings is 1. The van der Waals surface area contributed by atoms with Crippen LogP contribution in [0.1, 0.15) is 42.6 Å². The highest BCUT2D eigenvalue weighted by Gasteiger charge is 2.13. The molecular formula is C13H18N2O2. The van der Waals surface area contributed by atoms with E-state index in [1.54, 1.807) is 6.07 Å². The summed E-state index contributed by atoms with van der Waals surface area (Å²) in [7, 11) is 0. The van der Waals surface area contributed by atoms with Crippen molar-refractivity contribution in [2.45, 2.75) is 32.1 Å². The van der Waals surface area contributed by atoms with Crippen LogP contribution in [0, 0.1) is 5.92 Å². The number of anilines is 1. The Kier molecular flexibility index (Phi) is 3.96. The highest BCUT2D eigenvalue weighted by atomic mass is 16.4. The van der Waals surface area contributed by atoms with Crippen molar-refractivity contribution in [1.82, 2.24) is 4.98 Å². The van der Waals surface area contributed by atoms with Gasteiger partial charge in [0.25, 0.3) is 0 Å². The van der Waals surface area contributed by atoms with Gasteiger partial charge in [-0.1, -0.05) is 19.3 Å². The molecule has 0 aromatic carbocycles. The molecule has 17 heavy (non-hydrogen) atoms. The summed E-state index contributed by atoms with van der Waals surface area (Å²) < 4.78 is 0. The van der Waals surface area contributed by atoms with Crippen LogP contribution < -0.4 is 5.32 Å². The van der Waals surface area contributed by atoms with Crippen molar-refractivity contribution in [1.29, 1.82) is 0 Å². The fraction of sp³-hybridized carbons (Fsp3) is 0.538. The number of hydrogen-bond donors (Lipinski definition) is 2. The second-order valence-corrected chi connectivity index (χ2v) is 4.62. The molecule has 0 saturated heterocycles. The van der Waals surface area contributed by atoms with Gasteiger partial charge in [-0.05, 0) is 30.9 Å². The van der Waals surface area contributed by atoms with Crippen LogP contribution >= 0.6 is 0 Å². The molecule has 0 amide bonds. The minimum atomic E-state index is -0.980. The molecule has 1 aromatic rings. The third-order valence-corrected chi connectivity index (χ3v) is 3.30. The van der Waals surface area contributed by atoms with Gasteiger partial charge in [0, 0.05) is 18.4 Å². The lowest BCUT2D eigenvalue weighted by atomic mass is 9.89. The predicted octanol–water partition coefficient (Wildman–Crippen LogP) is 2.77. The van der Waals surface area contributed by atoms with Gasteiger partial charge in [0.15, 0.2) is 0 Å². The molecule has 1 heterocycles. The number of carbonyl (C=O) groups is 1. The largest absolute Gasteiger partial charge is 0.477 e. The third kappa shape index (κ3) is 3.44. The highest BCUT2D eigenvalue weighted by Crippen LogP contribution is 2.23. The van der Waals surface area contributed by atoms with Crippen LogP contribution in [-0.4, -0.2) is 22.6 Å². The SMILES string of the molecule is O=C(O)c1cc(NCC2CCCCC2)ccn1. The van der Waals surface area contributed by atoms with Gasteiger partial charge in [-0.3, -0.25) is 0 Å². The monoisotopic (exact) mass is 234 g/mol. The summed E-state index contributed by atoms with van der Waals surface area (Å²) in [5, 5.41) is 12.1. The minimum absolute atomic E-state index is 0.0960. The lowest BCUT2D eigenvalue weighted by Crippen LogP contribution is -2.17. The summed E-state index contributed by atoms with van der Waals surface area (Å²) in [6, 6.07) is 3.40. The van der Waals surface area contributed by atoms with Gasteiger partial charge < -0.3 is 10.4 Å². The first-order valence-corrected chi connectivity index (χ1v) is 6.19. The molecule has 1 aromatic heterocycles. The number of hydrogen-bond acceptors (Lipinski definition) is 3. The van der Waals surface area contributed by atoms with Gasteiger partial charge in [-0.25, -0.2) is 9.78 Å². The Labute approximate surface area is 101 Å². The maximum absolute atomic E-state index is 10.8. The van der Waals surface area contributed by atoms with E-state index in [4.69, 9.17) is 5.11 Å². The molecule has 0 radical (unpaired) electrons. The molecule has 1 aliphatic carbocycles. The van der Waals surface area contributed by atoms with Crippen LogP contribution in [0.15, 0.2) is 18.3 Å². The fourth-order valence-electron chi connectivity index (χ4n) is 2.31. The summed E-state index contributed by atoms with van der Waals surface area (Å²) in [6.45, 7) is 0.934. The average molecular weight is 234 g/mol. The molecule has 2 rings (SSSR count). The van der Waals surface area contributed by atoms with E-state index in [0.29, 0.717) is 0 Å². The second kappa shape index (κ2) is 5.66. The van der Waals surface area contributed by atoms with E-state index in [9.17, 15) is 4.79 Å². The normalized spacial score (nSPS) is 16.7. The topological polar surface area (TPSA) is 62.2 Å². The summed E-state index contributed by atoms with van der Waals surface area (Å²) >= 11 is 0. The van der Waals surface area contributed by atoms with Gasteiger partial charge in [0.2, 0.25) is 0 Å². The molecule has 1 aliphatic rings. The van der Waals surface area contributed by atoms with Crippen molar-refractivity contribution in [2.24, 2.45) is 5.92 Å². The molecule has 0 spiro atoms. The van der Waals surface area contributed by atoms with E-state index in [0.717, 1.165) is 18.2 Å². The number of carboxylic acid groups (broad SMARTS) is 1. The first-order chi connectivity index (χ1) is 8.25. The van der Waals surface area contributed by atoms with Crippen LogP contribution in [0.4, 0.5) is 5.69 Å². The molecule has 2 N–H and O–H groups in total. The molecule has 0 aliphatic heterocycles. The van der Waals surface area contributed by atoms with Crippen LogP contribution in [0.2, 0.25) is 0 Å². The average Bonchev–Trinajstić information content (AvgIpc) is 2.38. The maximum Gasteiger partial charge on any atom is 0.354 e. The Morgan fingerprint density at radius 3 is 2.88 bits per heavy atom. The van der Waals surface area contributed by atoms with E-state index < -0.39 is 5.97 Å². The molecule has 0 unspecified atom stereocenters. The minimum Gasteiger partial charge on any atom is -0.477 e. The Morgan fingerprint density at radius 1 is 1.41 bits per heavy atom. The van der Waals surface area contributed by atoms with E-state index in [-0.39, 0.29) is 5.69 Å². The van der Waals surface area contributed by atoms with Crippen molar-refractivity contribution < 1.29 is 9.90 Å². The number of nitrogens with zero attached hydrogens (tertiary/aromatic N) is 1. The highest BCUT2D eigenvalue weighted by molar-refractivity contribution is 5.86. The van der Waals surface area contributed by atoms with E-state index >= 15 is 0 Å². The molecule has 92 valence electrons. The fourth-order valence-corrected chi connectivity index (χ4v) is 2.31. The van der Waals surface area contributed by atoms with Gasteiger partial charge >= 0.3 is 5.97 Å². The lowest BCUT2D eigenvalue weighted by Gasteiger charge is -2.22. The number of aromatic carboxylic acids is 1. The summed E-state index contributed by atoms with van der Waals surface area (Å²) in [5.74, 6) is -0.253. The number of nitrogens with one attached hydrogen (secondary N) is 1. The lowest BCUT2D eigenvalue weighted by molar-refractivity contribution is 0.0690. The molecule has 1 saturated carbocycles. The first kappa shape index (κ1) is 11.9. The molecule has 0 atom stereocenters. The Balaban J connectivity index is 1.89. The molecular weight excluding hydrogens is 216 g/mol. The van der Waals surface area contributed by atoms with Gasteiger partial charge in [0.1, 0.15) is 5.69 Å². The number of rotatable bonds is 4. The Hall–Kier alpha value is -1.58. The van der Waals surface area contributed by atoms with Crippen molar-refractivity contribution in [2.75, 3.05) is 11.9 Å². The van der Waals surface area contributed by atoms with Crippen molar-refractivity contribution in [3.8, 4) is 0 Å². The smallest absolute Gasteiger partial charge is 0.354 e. The van der Waals surface area contributed by atoms with Crippen LogP contribution in [0.3, 0.4) is 0 Å². The van der Waals surface area contributed by atoms with Crippen LogP contribution in [0.5, 0.6) is 0 Å². The van der Waals surface area contributed by atoms with Gasteiger partial charge in [-0.2, -0.15) is 0 Å². The maximum atomic E-state index is 10.8. The van der Waals surface area contributed by atoms with E-state index in [1.807, 2.05) is 6.07 Å². The summed E-state index contributed by atoms with van der Waals surface area (Å²) in [6.07, 6.45) is 8.10. The standard InChI is InChI=1S/C13H18N2O2/c16-13(17)12-8-11(6-7-14-12)15-9-10-4-2-1-3-5-10/h6-8,10H,1-5,9H2,(H,14,15)(H,16,17). The predicted molar refractivity (Wildman–Crippen MR) is 66.3 cm³/mol. The van der Waals surface area contributed by atoms with Crippen LogP contribution in [0.25, 0.3) is 0 Å². The molecule has 1 fully saturated rings. The van der Waals surface area contributed by atoms with Gasteiger partial charge in [0.05, 0.1) is 0 Å². The quantitative estimate of drug-likeness (QED) is 0.840. The number of aromatic nitrogens is 1. The van der Waals surface area contributed by atoms with Gasteiger partial charge in [-0.15, -0.1) is 0 Å². The zero-order chi connectivity index (χ0) is 12.1. The van der Waals surface area contributed by atoms with E-state index in [1.165, 1.54) is 38.3 Å². The zero-order valence-corrected chi connectivity index (χ0v) is 9.85. The van der Waals surface area contributed by atoms with E-state index in [2.05, 4.69) is 10.3 Å².